The van der Waals surface area contributed by atoms with Crippen molar-refractivity contribution < 1.29 is 18.8 Å². The molecule has 0 spiro atoms. The van der Waals surface area contributed by atoms with Crippen LogP contribution in [0.3, 0.4) is 0 Å². The summed E-state index contributed by atoms with van der Waals surface area (Å²) in [6.45, 7) is 3.84. The molecule has 0 bridgehead atoms. The number of pyridine rings is 1. The Hall–Kier alpha value is -4.65. The van der Waals surface area contributed by atoms with Gasteiger partial charge in [0.15, 0.2) is 0 Å². The molecule has 1 aliphatic heterocycles. The standard InChI is InChI=1S/C29H28BN7O4/c1-29(2)21-15-19(12-13-22(21)30(39-3)41-29)33-28-32-16-20(26-36-37-27(40-26)23-11-7-8-14-31-23)25(35-28)34-24(17-38)18-9-5-4-6-10-18/h4-16,24,38H,17H2,1-3H3,(H2,32,33,34,35)/t24-/m1/s1. The quantitative estimate of drug-likeness (QED) is 0.229. The van der Waals surface area contributed by atoms with E-state index in [-0.39, 0.29) is 18.4 Å². The highest BCUT2D eigenvalue weighted by molar-refractivity contribution is 6.63. The summed E-state index contributed by atoms with van der Waals surface area (Å²) in [4.78, 5) is 13.6. The molecule has 206 valence electrons. The summed E-state index contributed by atoms with van der Waals surface area (Å²) < 4.78 is 17.5. The van der Waals surface area contributed by atoms with Crippen LogP contribution in [0.2, 0.25) is 0 Å². The fourth-order valence-electron chi connectivity index (χ4n) is 4.78. The van der Waals surface area contributed by atoms with Gasteiger partial charge in [-0.25, -0.2) is 4.98 Å². The van der Waals surface area contributed by atoms with Crippen LogP contribution in [0.15, 0.2) is 83.5 Å². The molecule has 12 heteroatoms. The maximum atomic E-state index is 10.2. The Morgan fingerprint density at radius 1 is 1.00 bits per heavy atom. The van der Waals surface area contributed by atoms with Crippen molar-refractivity contribution in [3.05, 3.63) is 90.3 Å². The molecule has 2 aromatic carbocycles. The normalized spacial score (nSPS) is 14.5. The average Bonchev–Trinajstić information content (AvgIpc) is 3.59. The molecule has 4 heterocycles. The third-order valence-electron chi connectivity index (χ3n) is 6.85. The molecule has 0 unspecified atom stereocenters. The monoisotopic (exact) mass is 549 g/mol. The molecule has 11 nitrogen and oxygen atoms in total. The first-order chi connectivity index (χ1) is 19.9. The van der Waals surface area contributed by atoms with Gasteiger partial charge in [0.05, 0.1) is 23.8 Å². The number of aliphatic hydroxyl groups excluding tert-OH is 1. The van der Waals surface area contributed by atoms with Crippen LogP contribution >= 0.6 is 0 Å². The van der Waals surface area contributed by atoms with Gasteiger partial charge in [-0.3, -0.25) is 4.98 Å². The summed E-state index contributed by atoms with van der Waals surface area (Å²) >= 11 is 0. The number of aliphatic hydroxyl groups is 1. The Labute approximate surface area is 237 Å². The summed E-state index contributed by atoms with van der Waals surface area (Å²) in [5.41, 5.74) is 4.19. The Morgan fingerprint density at radius 2 is 1.80 bits per heavy atom. The molecular formula is C29H28BN7O4. The number of hydrogen-bond donors (Lipinski definition) is 3. The van der Waals surface area contributed by atoms with Crippen LogP contribution in [0.25, 0.3) is 23.0 Å². The molecule has 0 saturated carbocycles. The number of fused-ring (bicyclic) bond motifs is 1. The molecule has 6 rings (SSSR count). The zero-order valence-corrected chi connectivity index (χ0v) is 22.8. The van der Waals surface area contributed by atoms with Gasteiger partial charge >= 0.3 is 7.12 Å². The van der Waals surface area contributed by atoms with Crippen molar-refractivity contribution >= 4 is 30.0 Å². The Balaban J connectivity index is 1.35. The zero-order valence-electron chi connectivity index (χ0n) is 22.8. The highest BCUT2D eigenvalue weighted by Gasteiger charge is 2.42. The molecule has 0 fully saturated rings. The summed E-state index contributed by atoms with van der Waals surface area (Å²) in [5, 5.41) is 25.2. The van der Waals surface area contributed by atoms with Gasteiger partial charge in [-0.2, -0.15) is 4.98 Å². The molecule has 1 aliphatic rings. The van der Waals surface area contributed by atoms with Crippen LogP contribution in [0, 0.1) is 0 Å². The molecule has 0 saturated heterocycles. The molecule has 3 aromatic heterocycles. The van der Waals surface area contributed by atoms with Crippen LogP contribution in [0.5, 0.6) is 0 Å². The second-order valence-corrected chi connectivity index (χ2v) is 10.00. The van der Waals surface area contributed by atoms with E-state index >= 15 is 0 Å². The second-order valence-electron chi connectivity index (χ2n) is 10.00. The predicted molar refractivity (Wildman–Crippen MR) is 155 cm³/mol. The van der Waals surface area contributed by atoms with E-state index in [1.54, 1.807) is 25.6 Å². The molecule has 1 atom stereocenters. The highest BCUT2D eigenvalue weighted by atomic mass is 16.6. The second kappa shape index (κ2) is 11.1. The van der Waals surface area contributed by atoms with Crippen LogP contribution in [0.4, 0.5) is 17.5 Å². The number of nitrogens with one attached hydrogen (secondary N) is 2. The molecule has 3 N–H and O–H groups in total. The smallest absolute Gasteiger partial charge is 0.414 e. The lowest BCUT2D eigenvalue weighted by molar-refractivity contribution is 0.0930. The van der Waals surface area contributed by atoms with E-state index < -0.39 is 18.8 Å². The number of anilines is 3. The minimum atomic E-state index is -0.515. The molecule has 41 heavy (non-hydrogen) atoms. The third kappa shape index (κ3) is 5.40. The lowest BCUT2D eigenvalue weighted by atomic mass is 9.77. The number of benzene rings is 2. The van der Waals surface area contributed by atoms with E-state index in [4.69, 9.17) is 18.7 Å². The lowest BCUT2D eigenvalue weighted by Gasteiger charge is -2.21. The van der Waals surface area contributed by atoms with Crippen molar-refractivity contribution in [2.24, 2.45) is 0 Å². The summed E-state index contributed by atoms with van der Waals surface area (Å²) in [6, 6.07) is 20.5. The van der Waals surface area contributed by atoms with Gasteiger partial charge < -0.3 is 29.5 Å². The molecule has 0 aliphatic carbocycles. The van der Waals surface area contributed by atoms with Crippen molar-refractivity contribution in [3.8, 4) is 23.0 Å². The van der Waals surface area contributed by atoms with Gasteiger partial charge in [0, 0.05) is 25.2 Å². The van der Waals surface area contributed by atoms with E-state index in [9.17, 15) is 5.11 Å². The van der Waals surface area contributed by atoms with E-state index in [1.165, 1.54) is 0 Å². The summed E-state index contributed by atoms with van der Waals surface area (Å²) in [5.74, 6) is 1.23. The molecule has 0 radical (unpaired) electrons. The first-order valence-electron chi connectivity index (χ1n) is 13.1. The minimum Gasteiger partial charge on any atom is -0.414 e. The lowest BCUT2D eigenvalue weighted by Crippen LogP contribution is -2.31. The number of hydrogen-bond acceptors (Lipinski definition) is 11. The van der Waals surface area contributed by atoms with Crippen molar-refractivity contribution in [1.82, 2.24) is 25.1 Å². The van der Waals surface area contributed by atoms with E-state index in [0.717, 1.165) is 22.3 Å². The number of aromatic nitrogens is 5. The van der Waals surface area contributed by atoms with Crippen LogP contribution < -0.4 is 16.1 Å². The first kappa shape index (κ1) is 26.6. The Kier molecular flexibility index (Phi) is 7.18. The maximum absolute atomic E-state index is 10.2. The fourth-order valence-corrected chi connectivity index (χ4v) is 4.78. The van der Waals surface area contributed by atoms with Gasteiger partial charge in [0.1, 0.15) is 11.5 Å². The first-order valence-corrected chi connectivity index (χ1v) is 13.1. The molecular weight excluding hydrogens is 521 g/mol. The van der Waals surface area contributed by atoms with Crippen LogP contribution in [-0.2, 0) is 14.9 Å². The van der Waals surface area contributed by atoms with Crippen molar-refractivity contribution in [2.75, 3.05) is 24.4 Å². The Morgan fingerprint density at radius 3 is 2.56 bits per heavy atom. The fraction of sp³-hybridized carbons (Fsp3) is 0.207. The SMILES string of the molecule is COB1OC(C)(C)c2cc(Nc3ncc(-c4nnc(-c5ccccn5)o4)c(N[C@H](CO)c4ccccc4)n3)ccc21. The van der Waals surface area contributed by atoms with E-state index in [0.29, 0.717) is 23.0 Å². The number of rotatable bonds is 9. The predicted octanol–water partition coefficient (Wildman–Crippen LogP) is 4.08. The number of nitrogens with zero attached hydrogens (tertiary/aromatic N) is 5. The highest BCUT2D eigenvalue weighted by Crippen LogP contribution is 2.34. The largest absolute Gasteiger partial charge is 0.494 e. The van der Waals surface area contributed by atoms with E-state index in [2.05, 4.69) is 30.8 Å². The summed E-state index contributed by atoms with van der Waals surface area (Å²) in [6.07, 6.45) is 3.26. The summed E-state index contributed by atoms with van der Waals surface area (Å²) in [7, 11) is 1.21. The zero-order chi connectivity index (χ0) is 28.4. The topological polar surface area (TPSA) is 140 Å². The van der Waals surface area contributed by atoms with Gasteiger partial charge in [-0.15, -0.1) is 10.2 Å². The van der Waals surface area contributed by atoms with Crippen LogP contribution in [-0.4, -0.2) is 51.1 Å². The van der Waals surface area contributed by atoms with E-state index in [1.807, 2.05) is 74.5 Å². The minimum absolute atomic E-state index is 0.167. The van der Waals surface area contributed by atoms with Gasteiger partial charge in [0.2, 0.25) is 5.95 Å². The van der Waals surface area contributed by atoms with Gasteiger partial charge in [-0.05, 0) is 54.7 Å². The third-order valence-corrected chi connectivity index (χ3v) is 6.85. The Bertz CT molecular complexity index is 1650. The average molecular weight is 549 g/mol. The van der Waals surface area contributed by atoms with Crippen LogP contribution in [0.1, 0.15) is 31.0 Å². The van der Waals surface area contributed by atoms with Crippen molar-refractivity contribution in [2.45, 2.75) is 25.5 Å². The van der Waals surface area contributed by atoms with Gasteiger partial charge in [0.25, 0.3) is 11.8 Å². The molecule has 0 amide bonds. The van der Waals surface area contributed by atoms with Gasteiger partial charge in [-0.1, -0.05) is 42.5 Å². The van der Waals surface area contributed by atoms with Crippen molar-refractivity contribution in [3.63, 3.8) is 0 Å². The van der Waals surface area contributed by atoms with Crippen molar-refractivity contribution in [1.29, 1.82) is 0 Å². The maximum Gasteiger partial charge on any atom is 0.494 e. The molecule has 5 aromatic rings.